The number of hydrogen-bond acceptors (Lipinski definition) is 8. The van der Waals surface area contributed by atoms with Gasteiger partial charge < -0.3 is 19.4 Å². The van der Waals surface area contributed by atoms with Crippen LogP contribution in [0.2, 0.25) is 0 Å². The number of para-hydroxylation sites is 1. The third-order valence-corrected chi connectivity index (χ3v) is 12.7. The maximum Gasteiger partial charge on any atom is 0.418 e. The predicted molar refractivity (Wildman–Crippen MR) is 162 cm³/mol. The third kappa shape index (κ3) is 4.62. The van der Waals surface area contributed by atoms with E-state index in [4.69, 9.17) is 9.47 Å². The zero-order valence-corrected chi connectivity index (χ0v) is 25.8. The topological polar surface area (TPSA) is 109 Å². The van der Waals surface area contributed by atoms with E-state index in [0.717, 1.165) is 37.8 Å². The van der Waals surface area contributed by atoms with Crippen LogP contribution in [-0.2, 0) is 25.3 Å². The maximum absolute atomic E-state index is 14.0. The molecular formula is C32H28F3N3O6S2. The van der Waals surface area contributed by atoms with E-state index >= 15 is 0 Å². The first-order valence-electron chi connectivity index (χ1n) is 15.1. The Morgan fingerprint density at radius 1 is 1.00 bits per heavy atom. The summed E-state index contributed by atoms with van der Waals surface area (Å²) in [5.41, 5.74) is -0.591. The Balaban J connectivity index is 1.12. The molecule has 4 fully saturated rings. The molecule has 3 aliphatic heterocycles. The largest absolute Gasteiger partial charge is 0.484 e. The fraction of sp³-hybridized carbons (Fsp3) is 0.438. The average molecular weight is 672 g/mol. The molecule has 8 rings (SSSR count). The summed E-state index contributed by atoms with van der Waals surface area (Å²) < 4.78 is 53.1. The second-order valence-corrected chi connectivity index (χ2v) is 14.5. The molecule has 3 aromatic rings. The van der Waals surface area contributed by atoms with Gasteiger partial charge >= 0.3 is 11.0 Å². The molecule has 2 saturated heterocycles. The first-order chi connectivity index (χ1) is 22.1. The van der Waals surface area contributed by atoms with Crippen molar-refractivity contribution in [1.29, 1.82) is 0 Å². The Hall–Kier alpha value is -3.62. The van der Waals surface area contributed by atoms with Gasteiger partial charge in [0.25, 0.3) is 5.91 Å². The van der Waals surface area contributed by atoms with Gasteiger partial charge in [-0.2, -0.15) is 13.2 Å². The monoisotopic (exact) mass is 671 g/mol. The molecular weight excluding hydrogens is 643 g/mol. The maximum atomic E-state index is 14.0. The number of H-pyrrole nitrogens is 1. The number of aromatic amines is 1. The van der Waals surface area contributed by atoms with E-state index in [9.17, 15) is 32.3 Å². The van der Waals surface area contributed by atoms with Gasteiger partial charge in [0.1, 0.15) is 5.75 Å². The number of aromatic nitrogens is 1. The highest BCUT2D eigenvalue weighted by Gasteiger charge is 2.70. The van der Waals surface area contributed by atoms with Crippen LogP contribution in [0.25, 0.3) is 0 Å². The molecule has 1 N–H and O–H groups in total. The normalized spacial score (nSPS) is 29.9. The summed E-state index contributed by atoms with van der Waals surface area (Å²) in [5.74, 6) is -3.26. The van der Waals surface area contributed by atoms with Crippen molar-refractivity contribution in [2.24, 2.45) is 29.6 Å². The average Bonchev–Trinajstić information content (AvgIpc) is 3.78. The highest BCUT2D eigenvalue weighted by Crippen LogP contribution is 2.69. The van der Waals surface area contributed by atoms with Crippen LogP contribution in [0.3, 0.4) is 0 Å². The van der Waals surface area contributed by atoms with Crippen molar-refractivity contribution in [3.05, 3.63) is 74.2 Å². The van der Waals surface area contributed by atoms with Gasteiger partial charge in [-0.25, -0.2) is 4.90 Å². The van der Waals surface area contributed by atoms with Crippen LogP contribution < -0.4 is 14.5 Å². The van der Waals surface area contributed by atoms with E-state index in [0.29, 0.717) is 38.5 Å². The lowest BCUT2D eigenvalue weighted by Crippen LogP contribution is -2.43. The Morgan fingerprint density at radius 3 is 2.50 bits per heavy atom. The number of benzene rings is 2. The van der Waals surface area contributed by atoms with Crippen LogP contribution >= 0.6 is 23.1 Å². The number of fused-ring (bicyclic) bond motifs is 9. The minimum Gasteiger partial charge on any atom is -0.484 e. The molecule has 0 radical (unpaired) electrons. The summed E-state index contributed by atoms with van der Waals surface area (Å²) in [7, 11) is 0. The highest BCUT2D eigenvalue weighted by atomic mass is 32.2. The summed E-state index contributed by atoms with van der Waals surface area (Å²) in [6, 6.07) is 12.1. The van der Waals surface area contributed by atoms with E-state index in [1.54, 1.807) is 11.0 Å². The second kappa shape index (κ2) is 11.0. The number of halogens is 3. The molecule has 240 valence electrons. The molecule has 46 heavy (non-hydrogen) atoms. The van der Waals surface area contributed by atoms with Crippen molar-refractivity contribution < 1.29 is 37.0 Å². The standard InChI is InChI=1S/C32H28F3N3O6S2/c33-32(34,35)19-6-1-2-7-20(19)38-29(40)24-17-13-18(25(24)30(38)41)26-23(17)22(27-28(45-26)36-31(42)46-27)15-4-3-5-16(12-15)44-14-21(39)37-8-10-43-11-9-37/h1-7,12,17-18,22-26H,8-11,13-14H2,(H,36,42)/t17?,18?,22-,23?,24?,25?,26?/m1/s1. The zero-order chi connectivity index (χ0) is 31.9. The quantitative estimate of drug-likeness (QED) is 0.402. The van der Waals surface area contributed by atoms with Gasteiger partial charge in [0.15, 0.2) is 6.61 Å². The lowest BCUT2D eigenvalue weighted by atomic mass is 9.68. The van der Waals surface area contributed by atoms with Crippen LogP contribution in [0.4, 0.5) is 18.9 Å². The van der Waals surface area contributed by atoms with Crippen molar-refractivity contribution in [3.63, 3.8) is 0 Å². The Bertz CT molecular complexity index is 1800. The molecule has 7 atom stereocenters. The van der Waals surface area contributed by atoms with Gasteiger partial charge in [-0.05, 0) is 54.0 Å². The molecule has 5 aliphatic rings. The number of anilines is 1. The van der Waals surface area contributed by atoms with Crippen molar-refractivity contribution in [3.8, 4) is 5.75 Å². The second-order valence-electron chi connectivity index (χ2n) is 12.3. The number of alkyl halides is 3. The van der Waals surface area contributed by atoms with Gasteiger partial charge in [-0.1, -0.05) is 35.6 Å². The molecule has 2 saturated carbocycles. The number of carbonyl (C=O) groups excluding carboxylic acids is 3. The number of ether oxygens (including phenoxy) is 2. The van der Waals surface area contributed by atoms with Gasteiger partial charge in [0, 0.05) is 29.1 Å². The fourth-order valence-electron chi connectivity index (χ4n) is 8.38. The van der Waals surface area contributed by atoms with Crippen molar-refractivity contribution >= 4 is 46.5 Å². The number of thiazole rings is 1. The van der Waals surface area contributed by atoms with Gasteiger partial charge in [-0.3, -0.25) is 19.2 Å². The Labute approximate surface area is 269 Å². The first kappa shape index (κ1) is 29.8. The van der Waals surface area contributed by atoms with Gasteiger partial charge in [-0.15, -0.1) is 11.8 Å². The number of thioether (sulfide) groups is 1. The van der Waals surface area contributed by atoms with E-state index in [-0.39, 0.29) is 46.3 Å². The summed E-state index contributed by atoms with van der Waals surface area (Å²) in [6.07, 6.45) is -4.13. The number of amides is 3. The number of imide groups is 1. The smallest absolute Gasteiger partial charge is 0.418 e. The van der Waals surface area contributed by atoms with Crippen molar-refractivity contribution in [2.75, 3.05) is 37.8 Å². The minimum atomic E-state index is -4.73. The molecule has 0 spiro atoms. The molecule has 6 unspecified atom stereocenters. The van der Waals surface area contributed by atoms with Crippen molar-refractivity contribution in [2.45, 2.75) is 28.8 Å². The SMILES string of the molecule is O=C(COc1cccc([C@H]2c3sc(=O)[nH]c3SC3C4CC(C5C(=O)N(c6ccccc6C(F)(F)F)C(=O)C45)C32)c1)N1CCOCC1. The van der Waals surface area contributed by atoms with Crippen LogP contribution in [-0.4, -0.2) is 65.8 Å². The van der Waals surface area contributed by atoms with Crippen LogP contribution in [0.1, 0.15) is 28.3 Å². The third-order valence-electron chi connectivity index (χ3n) is 10.1. The Morgan fingerprint density at radius 2 is 1.74 bits per heavy atom. The molecule has 2 bridgehead atoms. The molecule has 2 aliphatic carbocycles. The number of carbonyl (C=O) groups is 3. The molecule has 1 aromatic heterocycles. The van der Waals surface area contributed by atoms with Gasteiger partial charge in [0.05, 0.1) is 41.3 Å². The van der Waals surface area contributed by atoms with Gasteiger partial charge in [0.2, 0.25) is 11.8 Å². The first-order valence-corrected chi connectivity index (χ1v) is 16.8. The lowest BCUT2D eigenvalue weighted by Gasteiger charge is -2.43. The Kier molecular flexibility index (Phi) is 7.11. The van der Waals surface area contributed by atoms with Crippen LogP contribution in [0.15, 0.2) is 58.4 Å². The van der Waals surface area contributed by atoms with E-state index in [1.807, 2.05) is 18.2 Å². The van der Waals surface area contributed by atoms with Crippen molar-refractivity contribution in [1.82, 2.24) is 9.88 Å². The molecule has 2 aromatic carbocycles. The number of rotatable bonds is 5. The van der Waals surface area contributed by atoms with E-state index < -0.39 is 41.1 Å². The van der Waals surface area contributed by atoms with Crippen LogP contribution in [0, 0.1) is 29.6 Å². The summed E-state index contributed by atoms with van der Waals surface area (Å²) in [6.45, 7) is 1.84. The molecule has 4 heterocycles. The minimum absolute atomic E-state index is 0.129. The molecule has 9 nitrogen and oxygen atoms in total. The number of nitrogens with one attached hydrogen (secondary N) is 1. The summed E-state index contributed by atoms with van der Waals surface area (Å²) >= 11 is 2.61. The summed E-state index contributed by atoms with van der Waals surface area (Å²) in [4.78, 5) is 59.2. The van der Waals surface area contributed by atoms with E-state index in [1.165, 1.54) is 30.0 Å². The van der Waals surface area contributed by atoms with E-state index in [2.05, 4.69) is 4.98 Å². The number of hydrogen-bond donors (Lipinski definition) is 1. The van der Waals surface area contributed by atoms with Crippen LogP contribution in [0.5, 0.6) is 5.75 Å². The molecule has 14 heteroatoms. The number of nitrogens with zero attached hydrogens (tertiary/aromatic N) is 2. The molecule has 3 amide bonds. The number of morpholine rings is 1. The summed E-state index contributed by atoms with van der Waals surface area (Å²) in [5, 5.41) is 0.589. The highest BCUT2D eigenvalue weighted by molar-refractivity contribution is 8.00. The lowest BCUT2D eigenvalue weighted by molar-refractivity contribution is -0.138. The zero-order valence-electron chi connectivity index (χ0n) is 24.2. The predicted octanol–water partition coefficient (Wildman–Crippen LogP) is 4.37. The fourth-order valence-corrected chi connectivity index (χ4v) is 11.3.